The summed E-state index contributed by atoms with van der Waals surface area (Å²) in [6, 6.07) is 10.5. The SMILES string of the molecule is CO.CS(=O)CCOCCCc1nnc(-c2cccc(Cl)c2Cl)c(N)n1.CSCCOCCCc1nnc(-c2cccc(Cl)c2Cl)c(N)n1. The average molecular weight is 795 g/mol. The Hall–Kier alpha value is -2.40. The van der Waals surface area contributed by atoms with Gasteiger partial charge in [0.15, 0.2) is 23.3 Å². The van der Waals surface area contributed by atoms with Gasteiger partial charge < -0.3 is 26.0 Å². The van der Waals surface area contributed by atoms with Gasteiger partial charge in [-0.2, -0.15) is 11.8 Å². The molecule has 49 heavy (non-hydrogen) atoms. The predicted octanol–water partition coefficient (Wildman–Crippen LogP) is 6.10. The van der Waals surface area contributed by atoms with Gasteiger partial charge in [0, 0.05) is 72.9 Å². The van der Waals surface area contributed by atoms with Crippen LogP contribution in [0.25, 0.3) is 22.5 Å². The molecule has 0 spiro atoms. The van der Waals surface area contributed by atoms with Crippen LogP contribution in [0, 0.1) is 0 Å². The van der Waals surface area contributed by atoms with Gasteiger partial charge in [0.2, 0.25) is 0 Å². The molecule has 0 aliphatic heterocycles. The topological polar surface area (TPSA) is 185 Å². The number of benzene rings is 2. The fraction of sp³-hybridized carbons (Fsp3) is 0.419. The highest BCUT2D eigenvalue weighted by Gasteiger charge is 2.15. The lowest BCUT2D eigenvalue weighted by Gasteiger charge is -2.08. The Morgan fingerprint density at radius 1 is 0.735 bits per heavy atom. The van der Waals surface area contributed by atoms with Crippen LogP contribution in [0.2, 0.25) is 20.1 Å². The van der Waals surface area contributed by atoms with Crippen molar-refractivity contribution in [2.24, 2.45) is 0 Å². The second-order valence-corrected chi connectivity index (χ2v) is 13.9. The number of ether oxygens (including phenoxy) is 2. The predicted molar refractivity (Wildman–Crippen MR) is 203 cm³/mol. The van der Waals surface area contributed by atoms with Crippen molar-refractivity contribution in [3.05, 3.63) is 68.1 Å². The third kappa shape index (κ3) is 14.8. The first kappa shape index (κ1) is 42.8. The molecule has 0 bridgehead atoms. The zero-order valence-electron chi connectivity index (χ0n) is 27.4. The fourth-order valence-electron chi connectivity index (χ4n) is 3.90. The minimum atomic E-state index is -0.831. The monoisotopic (exact) mass is 792 g/mol. The van der Waals surface area contributed by atoms with E-state index in [0.717, 1.165) is 32.3 Å². The lowest BCUT2D eigenvalue weighted by molar-refractivity contribution is 0.146. The molecule has 0 amide bonds. The van der Waals surface area contributed by atoms with Crippen molar-refractivity contribution >= 4 is 80.6 Å². The van der Waals surface area contributed by atoms with Crippen molar-refractivity contribution in [1.82, 2.24) is 30.4 Å². The second-order valence-electron chi connectivity index (χ2n) is 9.83. The lowest BCUT2D eigenvalue weighted by Crippen LogP contribution is -2.08. The third-order valence-corrected chi connectivity index (χ3v) is 9.21. The molecule has 1 unspecified atom stereocenters. The Balaban J connectivity index is 0.000000324. The largest absolute Gasteiger partial charge is 0.400 e. The maximum absolute atomic E-state index is 10.9. The molecule has 12 nitrogen and oxygen atoms in total. The minimum absolute atomic E-state index is 0.256. The summed E-state index contributed by atoms with van der Waals surface area (Å²) in [4.78, 5) is 8.56. The number of anilines is 2. The number of aliphatic hydroxyl groups excluding tert-OH is 1. The van der Waals surface area contributed by atoms with Crippen molar-refractivity contribution in [1.29, 1.82) is 0 Å². The number of nitrogen functional groups attached to an aromatic ring is 2. The number of aromatic nitrogens is 6. The lowest BCUT2D eigenvalue weighted by atomic mass is 10.1. The molecule has 1 atom stereocenters. The van der Waals surface area contributed by atoms with Crippen molar-refractivity contribution in [2.45, 2.75) is 25.7 Å². The Bertz CT molecular complexity index is 1630. The number of aryl methyl sites for hydroxylation is 2. The summed E-state index contributed by atoms with van der Waals surface area (Å²) in [7, 11) is 0.169. The van der Waals surface area contributed by atoms with Crippen LogP contribution >= 0.6 is 58.2 Å². The van der Waals surface area contributed by atoms with Crippen LogP contribution in [0.4, 0.5) is 11.6 Å². The maximum Gasteiger partial charge on any atom is 0.154 e. The molecule has 5 N–H and O–H groups in total. The summed E-state index contributed by atoms with van der Waals surface area (Å²) in [5.74, 6) is 3.23. The number of thioether (sulfide) groups is 1. The highest BCUT2D eigenvalue weighted by atomic mass is 35.5. The van der Waals surface area contributed by atoms with Gasteiger partial charge in [-0.05, 0) is 31.2 Å². The molecule has 4 aromatic rings. The number of halogens is 4. The van der Waals surface area contributed by atoms with Crippen LogP contribution in [-0.2, 0) is 33.1 Å². The van der Waals surface area contributed by atoms with Gasteiger partial charge in [0.1, 0.15) is 11.4 Å². The smallest absolute Gasteiger partial charge is 0.154 e. The standard InChI is InChI=1S/C15H18Cl2N4O2S.C15H18Cl2N4OS.CH4O/c1-24(22)9-8-23-7-3-6-12-19-15(18)14(21-20-12)10-4-2-5-11(16)13(10)17;1-23-9-8-22-7-3-6-12-19-15(18)14(21-20-12)10-4-2-5-11(16)13(10)17;1-2/h2,4-5H,3,6-9H2,1H3,(H2,18,19,20);2,4-5H,3,6-9H2,1H3,(H2,18,19,20);2H,1H3. The van der Waals surface area contributed by atoms with Crippen LogP contribution in [0.5, 0.6) is 0 Å². The molecule has 0 aliphatic rings. The molecular formula is C31H40Cl4N8O4S2. The van der Waals surface area contributed by atoms with Gasteiger partial charge in [-0.15, -0.1) is 20.4 Å². The van der Waals surface area contributed by atoms with Gasteiger partial charge >= 0.3 is 0 Å². The molecule has 0 fully saturated rings. The number of hydrogen-bond acceptors (Lipinski definition) is 13. The van der Waals surface area contributed by atoms with Crippen LogP contribution in [0.15, 0.2) is 36.4 Å². The molecule has 2 aromatic heterocycles. The van der Waals surface area contributed by atoms with Gasteiger partial charge in [0.25, 0.3) is 0 Å². The van der Waals surface area contributed by atoms with Crippen molar-refractivity contribution in [3.63, 3.8) is 0 Å². The summed E-state index contributed by atoms with van der Waals surface area (Å²) in [6.45, 7) is 2.46. The van der Waals surface area contributed by atoms with E-state index in [1.54, 1.807) is 54.4 Å². The number of nitrogens with two attached hydrogens (primary N) is 2. The molecular weight excluding hydrogens is 754 g/mol. The van der Waals surface area contributed by atoms with E-state index in [9.17, 15) is 4.21 Å². The maximum atomic E-state index is 10.9. The van der Waals surface area contributed by atoms with Crippen molar-refractivity contribution < 1.29 is 18.8 Å². The molecule has 4 rings (SSSR count). The first-order valence-corrected chi connectivity index (χ1v) is 19.5. The van der Waals surface area contributed by atoms with Crippen LogP contribution in [0.1, 0.15) is 24.5 Å². The summed E-state index contributed by atoms with van der Waals surface area (Å²) in [6.07, 6.45) is 6.52. The van der Waals surface area contributed by atoms with Crippen molar-refractivity contribution in [2.75, 3.05) is 69.0 Å². The first-order valence-electron chi connectivity index (χ1n) is 14.9. The van der Waals surface area contributed by atoms with E-state index >= 15 is 0 Å². The Kier molecular flexibility index (Phi) is 20.9. The molecule has 2 heterocycles. The Morgan fingerprint density at radius 3 is 1.59 bits per heavy atom. The van der Waals surface area contributed by atoms with E-state index in [1.807, 2.05) is 0 Å². The van der Waals surface area contributed by atoms with E-state index in [4.69, 9.17) is 72.5 Å². The third-order valence-electron chi connectivity index (χ3n) is 6.25. The summed E-state index contributed by atoms with van der Waals surface area (Å²) >= 11 is 26.1. The molecule has 2 aromatic carbocycles. The quantitative estimate of drug-likeness (QED) is 0.111. The zero-order valence-corrected chi connectivity index (χ0v) is 32.0. The van der Waals surface area contributed by atoms with Crippen LogP contribution in [-0.4, -0.2) is 97.2 Å². The molecule has 18 heteroatoms. The second kappa shape index (κ2) is 23.9. The van der Waals surface area contributed by atoms with E-state index in [0.29, 0.717) is 98.5 Å². The Morgan fingerprint density at radius 2 is 1.18 bits per heavy atom. The number of hydrogen-bond donors (Lipinski definition) is 3. The van der Waals surface area contributed by atoms with Crippen LogP contribution < -0.4 is 11.5 Å². The number of aliphatic hydroxyl groups is 1. The van der Waals surface area contributed by atoms with E-state index < -0.39 is 10.8 Å². The summed E-state index contributed by atoms with van der Waals surface area (Å²) in [5.41, 5.74) is 14.1. The normalized spacial score (nSPS) is 11.3. The van der Waals surface area contributed by atoms with E-state index in [1.165, 1.54) is 0 Å². The zero-order chi connectivity index (χ0) is 36.2. The van der Waals surface area contributed by atoms with Gasteiger partial charge in [0.05, 0.1) is 33.3 Å². The van der Waals surface area contributed by atoms with Crippen molar-refractivity contribution in [3.8, 4) is 22.5 Å². The van der Waals surface area contributed by atoms with E-state index in [2.05, 4.69) is 36.6 Å². The molecule has 0 saturated carbocycles. The number of rotatable bonds is 16. The van der Waals surface area contributed by atoms with Gasteiger partial charge in [-0.3, -0.25) is 4.21 Å². The highest BCUT2D eigenvalue weighted by molar-refractivity contribution is 7.98. The summed E-state index contributed by atoms with van der Waals surface area (Å²) < 4.78 is 21.8. The summed E-state index contributed by atoms with van der Waals surface area (Å²) in [5, 5.41) is 25.1. The fourth-order valence-corrected chi connectivity index (χ4v) is 5.32. The minimum Gasteiger partial charge on any atom is -0.400 e. The average Bonchev–Trinajstić information content (AvgIpc) is 3.08. The molecule has 268 valence electrons. The van der Waals surface area contributed by atoms with Crippen LogP contribution in [0.3, 0.4) is 0 Å². The van der Waals surface area contributed by atoms with Gasteiger partial charge in [-0.1, -0.05) is 70.7 Å². The highest BCUT2D eigenvalue weighted by Crippen LogP contribution is 2.35. The van der Waals surface area contributed by atoms with E-state index in [-0.39, 0.29) is 5.82 Å². The first-order chi connectivity index (χ1) is 23.6. The molecule has 0 aliphatic carbocycles. The number of nitrogens with zero attached hydrogens (tertiary/aromatic N) is 6. The van der Waals surface area contributed by atoms with Gasteiger partial charge in [-0.25, -0.2) is 9.97 Å². The molecule has 0 radical (unpaired) electrons. The molecule has 0 saturated heterocycles. The Labute approximate surface area is 313 Å².